The Labute approximate surface area is 143 Å². The Hall–Kier alpha value is -2.49. The van der Waals surface area contributed by atoms with Crippen LogP contribution in [0.3, 0.4) is 0 Å². The van der Waals surface area contributed by atoms with Crippen molar-refractivity contribution in [3.63, 3.8) is 0 Å². The predicted molar refractivity (Wildman–Crippen MR) is 93.8 cm³/mol. The SMILES string of the molecule is COc1ccc(C(=O)N2CC(c3ccccc3)CC2C)cc1OC. The van der Waals surface area contributed by atoms with E-state index in [4.69, 9.17) is 9.47 Å². The van der Waals surface area contributed by atoms with Crippen LogP contribution in [-0.4, -0.2) is 37.6 Å². The summed E-state index contributed by atoms with van der Waals surface area (Å²) in [4.78, 5) is 14.9. The lowest BCUT2D eigenvalue weighted by atomic mass is 9.97. The topological polar surface area (TPSA) is 38.8 Å². The molecule has 0 aromatic heterocycles. The first kappa shape index (κ1) is 16.4. The van der Waals surface area contributed by atoms with Crippen LogP contribution in [0.1, 0.15) is 35.2 Å². The highest BCUT2D eigenvalue weighted by Crippen LogP contribution is 2.34. The lowest BCUT2D eigenvalue weighted by molar-refractivity contribution is 0.0745. The van der Waals surface area contributed by atoms with Gasteiger partial charge >= 0.3 is 0 Å². The number of methoxy groups -OCH3 is 2. The molecule has 1 amide bonds. The third-order valence-corrected chi connectivity index (χ3v) is 4.74. The average molecular weight is 325 g/mol. The van der Waals surface area contributed by atoms with E-state index in [1.165, 1.54) is 5.56 Å². The van der Waals surface area contributed by atoms with Crippen LogP contribution in [0.25, 0.3) is 0 Å². The molecule has 1 aliphatic rings. The van der Waals surface area contributed by atoms with E-state index in [2.05, 4.69) is 31.2 Å². The van der Waals surface area contributed by atoms with E-state index < -0.39 is 0 Å². The van der Waals surface area contributed by atoms with E-state index >= 15 is 0 Å². The standard InChI is InChI=1S/C20H23NO3/c1-14-11-17(15-7-5-4-6-8-15)13-21(14)20(22)16-9-10-18(23-2)19(12-16)24-3/h4-10,12,14,17H,11,13H2,1-3H3. The molecule has 2 unspecified atom stereocenters. The third kappa shape index (κ3) is 3.09. The number of carbonyl (C=O) groups is 1. The van der Waals surface area contributed by atoms with E-state index in [-0.39, 0.29) is 11.9 Å². The van der Waals surface area contributed by atoms with Gasteiger partial charge in [0, 0.05) is 24.1 Å². The molecule has 4 nitrogen and oxygen atoms in total. The molecule has 2 aromatic rings. The fraction of sp³-hybridized carbons (Fsp3) is 0.350. The second kappa shape index (κ2) is 6.95. The molecule has 24 heavy (non-hydrogen) atoms. The highest BCUT2D eigenvalue weighted by molar-refractivity contribution is 5.95. The second-order valence-corrected chi connectivity index (χ2v) is 6.22. The monoisotopic (exact) mass is 325 g/mol. The smallest absolute Gasteiger partial charge is 0.254 e. The summed E-state index contributed by atoms with van der Waals surface area (Å²) in [5.41, 5.74) is 1.93. The molecule has 0 radical (unpaired) electrons. The van der Waals surface area contributed by atoms with Gasteiger partial charge in [-0.25, -0.2) is 0 Å². The van der Waals surface area contributed by atoms with Crippen LogP contribution in [0.15, 0.2) is 48.5 Å². The fourth-order valence-corrected chi connectivity index (χ4v) is 3.42. The van der Waals surface area contributed by atoms with Gasteiger partial charge in [-0.3, -0.25) is 4.79 Å². The van der Waals surface area contributed by atoms with Crippen molar-refractivity contribution in [3.05, 3.63) is 59.7 Å². The zero-order valence-electron chi connectivity index (χ0n) is 14.4. The number of likely N-dealkylation sites (tertiary alicyclic amines) is 1. The maximum Gasteiger partial charge on any atom is 0.254 e. The summed E-state index contributed by atoms with van der Waals surface area (Å²) in [7, 11) is 3.17. The summed E-state index contributed by atoms with van der Waals surface area (Å²) in [6, 6.07) is 16.0. The maximum absolute atomic E-state index is 12.9. The highest BCUT2D eigenvalue weighted by atomic mass is 16.5. The van der Waals surface area contributed by atoms with Crippen molar-refractivity contribution in [3.8, 4) is 11.5 Å². The van der Waals surface area contributed by atoms with Crippen molar-refractivity contribution in [1.29, 1.82) is 0 Å². The van der Waals surface area contributed by atoms with Gasteiger partial charge in [-0.1, -0.05) is 30.3 Å². The molecule has 0 N–H and O–H groups in total. The van der Waals surface area contributed by atoms with Crippen LogP contribution < -0.4 is 9.47 Å². The van der Waals surface area contributed by atoms with Crippen LogP contribution in [0.5, 0.6) is 11.5 Å². The minimum Gasteiger partial charge on any atom is -0.493 e. The molecule has 1 heterocycles. The zero-order chi connectivity index (χ0) is 17.1. The summed E-state index contributed by atoms with van der Waals surface area (Å²) < 4.78 is 10.6. The first-order valence-corrected chi connectivity index (χ1v) is 8.22. The lowest BCUT2D eigenvalue weighted by Gasteiger charge is -2.22. The van der Waals surface area contributed by atoms with E-state index in [0.29, 0.717) is 23.0 Å². The van der Waals surface area contributed by atoms with Gasteiger partial charge in [0.05, 0.1) is 14.2 Å². The molecule has 3 rings (SSSR count). The predicted octanol–water partition coefficient (Wildman–Crippen LogP) is 3.72. The quantitative estimate of drug-likeness (QED) is 0.860. The van der Waals surface area contributed by atoms with Crippen molar-refractivity contribution in [2.75, 3.05) is 20.8 Å². The maximum atomic E-state index is 12.9. The molecule has 4 heteroatoms. The van der Waals surface area contributed by atoms with Crippen LogP contribution in [-0.2, 0) is 0 Å². The van der Waals surface area contributed by atoms with Gasteiger partial charge in [-0.15, -0.1) is 0 Å². The number of hydrogen-bond acceptors (Lipinski definition) is 3. The highest BCUT2D eigenvalue weighted by Gasteiger charge is 2.33. The normalized spacial score (nSPS) is 20.0. The second-order valence-electron chi connectivity index (χ2n) is 6.22. The number of rotatable bonds is 4. The molecule has 0 saturated carbocycles. The minimum atomic E-state index is 0.0434. The Morgan fingerprint density at radius 3 is 2.42 bits per heavy atom. The van der Waals surface area contributed by atoms with Crippen molar-refractivity contribution in [2.45, 2.75) is 25.3 Å². The Morgan fingerprint density at radius 2 is 1.75 bits per heavy atom. The van der Waals surface area contributed by atoms with Gasteiger partial charge in [0.15, 0.2) is 11.5 Å². The van der Waals surface area contributed by atoms with E-state index in [1.807, 2.05) is 11.0 Å². The zero-order valence-corrected chi connectivity index (χ0v) is 14.4. The van der Waals surface area contributed by atoms with Crippen LogP contribution in [0.2, 0.25) is 0 Å². The van der Waals surface area contributed by atoms with Crippen molar-refractivity contribution in [2.24, 2.45) is 0 Å². The first-order valence-electron chi connectivity index (χ1n) is 8.22. The number of amides is 1. The molecule has 2 aromatic carbocycles. The minimum absolute atomic E-state index is 0.0434. The van der Waals surface area contributed by atoms with Crippen molar-refractivity contribution < 1.29 is 14.3 Å². The summed E-state index contributed by atoms with van der Waals surface area (Å²) in [5.74, 6) is 1.65. The molecular weight excluding hydrogens is 302 g/mol. The Kier molecular flexibility index (Phi) is 4.74. The lowest BCUT2D eigenvalue weighted by Crippen LogP contribution is -2.33. The van der Waals surface area contributed by atoms with Gasteiger partial charge in [0.2, 0.25) is 0 Å². The van der Waals surface area contributed by atoms with Gasteiger partial charge in [-0.2, -0.15) is 0 Å². The largest absolute Gasteiger partial charge is 0.493 e. The van der Waals surface area contributed by atoms with Crippen molar-refractivity contribution >= 4 is 5.91 Å². The van der Waals surface area contributed by atoms with Crippen LogP contribution >= 0.6 is 0 Å². The van der Waals surface area contributed by atoms with Gasteiger partial charge in [-0.05, 0) is 37.1 Å². The number of carbonyl (C=O) groups excluding carboxylic acids is 1. The van der Waals surface area contributed by atoms with Gasteiger partial charge in [0.1, 0.15) is 0 Å². The Morgan fingerprint density at radius 1 is 1.04 bits per heavy atom. The summed E-state index contributed by atoms with van der Waals surface area (Å²) in [5, 5.41) is 0. The first-order chi connectivity index (χ1) is 11.6. The van der Waals surface area contributed by atoms with Crippen molar-refractivity contribution in [1.82, 2.24) is 4.90 Å². The number of ether oxygens (including phenoxy) is 2. The fourth-order valence-electron chi connectivity index (χ4n) is 3.42. The number of benzene rings is 2. The molecule has 0 spiro atoms. The Balaban J connectivity index is 1.80. The number of hydrogen-bond donors (Lipinski definition) is 0. The average Bonchev–Trinajstić information content (AvgIpc) is 3.03. The molecular formula is C20H23NO3. The van der Waals surface area contributed by atoms with E-state index in [0.717, 1.165) is 13.0 Å². The van der Waals surface area contributed by atoms with Crippen LogP contribution in [0.4, 0.5) is 0 Å². The molecule has 126 valence electrons. The molecule has 0 bridgehead atoms. The summed E-state index contributed by atoms with van der Waals surface area (Å²) in [6.45, 7) is 2.86. The summed E-state index contributed by atoms with van der Waals surface area (Å²) in [6.07, 6.45) is 0.989. The number of nitrogens with zero attached hydrogens (tertiary/aromatic N) is 1. The molecule has 1 fully saturated rings. The third-order valence-electron chi connectivity index (χ3n) is 4.74. The van der Waals surface area contributed by atoms with Gasteiger partial charge < -0.3 is 14.4 Å². The van der Waals surface area contributed by atoms with E-state index in [9.17, 15) is 4.79 Å². The molecule has 1 saturated heterocycles. The van der Waals surface area contributed by atoms with E-state index in [1.54, 1.807) is 32.4 Å². The Bertz CT molecular complexity index is 714. The van der Waals surface area contributed by atoms with Gasteiger partial charge in [0.25, 0.3) is 5.91 Å². The molecule has 0 aliphatic carbocycles. The van der Waals surface area contributed by atoms with Crippen LogP contribution in [0, 0.1) is 0 Å². The summed E-state index contributed by atoms with van der Waals surface area (Å²) >= 11 is 0. The molecule has 1 aliphatic heterocycles. The molecule has 2 atom stereocenters.